The van der Waals surface area contributed by atoms with Gasteiger partial charge in [-0.25, -0.2) is 0 Å². The number of hydrogen-bond acceptors (Lipinski definition) is 8. The third-order valence-corrected chi connectivity index (χ3v) is 8.82. The predicted molar refractivity (Wildman–Crippen MR) is 175 cm³/mol. The van der Waals surface area contributed by atoms with Crippen molar-refractivity contribution in [3.8, 4) is 28.5 Å². The number of nitrogens with zero attached hydrogens (tertiary/aromatic N) is 7. The number of pyridine rings is 2. The third kappa shape index (κ3) is 7.00. The summed E-state index contributed by atoms with van der Waals surface area (Å²) in [6, 6.07) is 46.4. The summed E-state index contributed by atoms with van der Waals surface area (Å²) in [7, 11) is 0. The van der Waals surface area contributed by atoms with Crippen LogP contribution in [0.1, 0.15) is 0 Å². The molecule has 0 N–H and O–H groups in total. The monoisotopic (exact) mass is 1000 g/mol. The molecule has 0 aliphatic rings. The van der Waals surface area contributed by atoms with Gasteiger partial charge in [-0.15, -0.1) is 126 Å². The van der Waals surface area contributed by atoms with Gasteiger partial charge in [-0.05, 0) is 23.5 Å². The van der Waals surface area contributed by atoms with Crippen molar-refractivity contribution < 1.29 is 42.1 Å². The van der Waals surface area contributed by atoms with Crippen LogP contribution in [0.4, 0.5) is 0 Å². The molecule has 0 aliphatic carbocycles. The van der Waals surface area contributed by atoms with Crippen molar-refractivity contribution >= 4 is 45.3 Å². The first-order valence-electron chi connectivity index (χ1n) is 14.0. The van der Waals surface area contributed by atoms with Crippen LogP contribution in [0.25, 0.3) is 50.3 Å². The van der Waals surface area contributed by atoms with Gasteiger partial charge in [-0.3, -0.25) is 0 Å². The van der Waals surface area contributed by atoms with Crippen LogP contribution in [0.5, 0.6) is 0 Å². The first kappa shape index (κ1) is 32.9. The van der Waals surface area contributed by atoms with Crippen molar-refractivity contribution in [3.63, 3.8) is 0 Å². The topological polar surface area (TPSA) is 82.3 Å². The molecule has 11 heteroatoms. The van der Waals surface area contributed by atoms with E-state index in [2.05, 4.69) is 78.9 Å². The summed E-state index contributed by atoms with van der Waals surface area (Å²) < 4.78 is 1.92. The summed E-state index contributed by atoms with van der Waals surface area (Å²) in [5, 5.41) is 18.6. The van der Waals surface area contributed by atoms with E-state index < -0.39 is 0 Å². The molecule has 7 nitrogen and oxygen atoms in total. The maximum absolute atomic E-state index is 4.47. The van der Waals surface area contributed by atoms with Gasteiger partial charge in [-0.1, -0.05) is 45.1 Å². The molecule has 8 aromatic rings. The van der Waals surface area contributed by atoms with Crippen molar-refractivity contribution in [1.29, 1.82) is 0 Å². The third-order valence-electron chi connectivity index (χ3n) is 6.99. The zero-order valence-electron chi connectivity index (χ0n) is 24.0. The molecule has 0 unspecified atom stereocenters. The van der Waals surface area contributed by atoms with Gasteiger partial charge in [0.1, 0.15) is 0 Å². The number of benzene rings is 4. The maximum Gasteiger partial charge on any atom is 2.00 e. The van der Waals surface area contributed by atoms with Gasteiger partial charge in [0.2, 0.25) is 0 Å². The Morgan fingerprint density at radius 3 is 1.45 bits per heavy atom. The van der Waals surface area contributed by atoms with E-state index in [0.717, 1.165) is 63.9 Å². The fourth-order valence-corrected chi connectivity index (χ4v) is 6.68. The van der Waals surface area contributed by atoms with Crippen LogP contribution < -0.4 is 0 Å². The van der Waals surface area contributed by atoms with E-state index in [4.69, 9.17) is 0 Å². The minimum Gasteiger partial charge on any atom is -0.326 e. The van der Waals surface area contributed by atoms with Gasteiger partial charge in [-0.2, -0.15) is 35.0 Å². The first-order chi connectivity index (χ1) is 22.3. The van der Waals surface area contributed by atoms with Crippen molar-refractivity contribution in [3.05, 3.63) is 140 Å². The second-order valence-electron chi connectivity index (χ2n) is 9.84. The van der Waals surface area contributed by atoms with E-state index in [1.165, 1.54) is 6.33 Å². The van der Waals surface area contributed by atoms with Crippen LogP contribution in [0.3, 0.4) is 0 Å². The van der Waals surface area contributed by atoms with Crippen molar-refractivity contribution in [1.82, 2.24) is 34.9 Å². The second kappa shape index (κ2) is 14.8. The summed E-state index contributed by atoms with van der Waals surface area (Å²) in [5.74, 6) is 0.349. The smallest absolute Gasteiger partial charge is 0.326 e. The summed E-state index contributed by atoms with van der Waals surface area (Å²) >= 11 is 3.16. The molecule has 0 radical (unpaired) electrons. The van der Waals surface area contributed by atoms with Crippen LogP contribution in [0, 0.1) is 24.3 Å². The Morgan fingerprint density at radius 1 is 0.489 bits per heavy atom. The molecular weight excluding hydrogens is 985 g/mol. The number of hydrogen-bond donors (Lipinski definition) is 0. The molecule has 4 heterocycles. The fraction of sp³-hybridized carbons (Fsp3) is 0. The molecule has 47 heavy (non-hydrogen) atoms. The van der Waals surface area contributed by atoms with E-state index in [9.17, 15) is 0 Å². The molecule has 0 spiro atoms. The Balaban J connectivity index is 0.00000193. The van der Waals surface area contributed by atoms with E-state index in [1.54, 1.807) is 35.9 Å². The first-order valence-corrected chi connectivity index (χ1v) is 15.6. The fourth-order valence-electron chi connectivity index (χ4n) is 5.03. The van der Waals surface area contributed by atoms with Crippen LogP contribution in [0.2, 0.25) is 0 Å². The molecule has 0 atom stereocenters. The molecule has 0 fully saturated rings. The largest absolute Gasteiger partial charge is 2.00 e. The summed E-state index contributed by atoms with van der Waals surface area (Å²) in [4.78, 5) is 12.7. The van der Waals surface area contributed by atoms with Crippen LogP contribution in [-0.2, 0) is 42.1 Å². The van der Waals surface area contributed by atoms with Gasteiger partial charge in [0.15, 0.2) is 6.33 Å². The molecule has 0 saturated carbocycles. The van der Waals surface area contributed by atoms with Crippen molar-refractivity contribution in [2.24, 2.45) is 0 Å². The minimum atomic E-state index is 0. The van der Waals surface area contributed by atoms with E-state index >= 15 is 0 Å². The molecule has 0 aliphatic heterocycles. The summed E-state index contributed by atoms with van der Waals surface area (Å²) in [6.07, 6.45) is 4.90. The van der Waals surface area contributed by atoms with Gasteiger partial charge in [0.25, 0.3) is 5.95 Å². The van der Waals surface area contributed by atoms with Gasteiger partial charge in [0.05, 0.1) is 0 Å². The predicted octanol–water partition coefficient (Wildman–Crippen LogP) is 7.99. The molecule has 8 rings (SSSR count). The second-order valence-corrected chi connectivity index (χ2v) is 12.0. The Morgan fingerprint density at radius 2 is 0.979 bits per heavy atom. The SMILES string of the molecule is [Pt+2].[Pt+2].[c-]1c(Sc2[c-]c3c(cc2)c2ccc(Sc4[c-]c(-c5ccccn5)ccc4)[c-]c2n3-c2nncnn2)cccc1-c1ccccn1. The quantitative estimate of drug-likeness (QED) is 0.149. The van der Waals surface area contributed by atoms with Crippen LogP contribution >= 0.6 is 23.5 Å². The van der Waals surface area contributed by atoms with E-state index in [-0.39, 0.29) is 42.1 Å². The van der Waals surface area contributed by atoms with Gasteiger partial charge in [0, 0.05) is 12.4 Å². The van der Waals surface area contributed by atoms with E-state index in [1.807, 2.05) is 77.4 Å². The number of rotatable bonds is 7. The zero-order valence-corrected chi connectivity index (χ0v) is 30.2. The Hall–Kier alpha value is -4.00. The maximum atomic E-state index is 4.47. The van der Waals surface area contributed by atoms with Gasteiger partial charge >= 0.3 is 42.1 Å². The Kier molecular flexibility index (Phi) is 10.4. The Bertz CT molecular complexity index is 2150. The standard InChI is InChI=1S/C36H19N7S2.2Pt/c1-3-17-37-32(11-1)24-7-5-9-26(19-24)44-28-13-15-30-31-16-14-29(22-35(31)43(34(30)21-28)36-41-39-23-40-42-36)45-27-10-6-8-25(20-27)33-12-2-4-18-38-33;;/h1-18,23H;;/q-4;2*+2. The number of fused-ring (bicyclic) bond motifs is 3. The molecule has 0 saturated heterocycles. The average Bonchev–Trinajstić information content (AvgIpc) is 3.42. The van der Waals surface area contributed by atoms with Gasteiger partial charge < -0.3 is 14.5 Å². The summed E-state index contributed by atoms with van der Waals surface area (Å²) in [5.41, 5.74) is 5.26. The van der Waals surface area contributed by atoms with Crippen LogP contribution in [0.15, 0.2) is 135 Å². The van der Waals surface area contributed by atoms with E-state index in [0.29, 0.717) is 5.95 Å². The number of aromatic nitrogens is 7. The molecule has 0 amide bonds. The molecular formula is C36H19N7Pt2S2. The molecule has 4 aromatic carbocycles. The molecule has 4 aromatic heterocycles. The zero-order chi connectivity index (χ0) is 30.0. The minimum absolute atomic E-state index is 0. The molecule has 0 bridgehead atoms. The van der Waals surface area contributed by atoms with Crippen molar-refractivity contribution in [2.45, 2.75) is 19.6 Å². The van der Waals surface area contributed by atoms with Crippen LogP contribution in [-0.4, -0.2) is 34.9 Å². The molecule has 230 valence electrons. The van der Waals surface area contributed by atoms with Crippen molar-refractivity contribution in [2.75, 3.05) is 0 Å². The Labute approximate surface area is 308 Å². The normalized spacial score (nSPS) is 10.8. The average molecular weight is 1000 g/mol. The summed E-state index contributed by atoms with van der Waals surface area (Å²) in [6.45, 7) is 0.